The smallest absolute Gasteiger partial charge is 0.317 e. The first-order valence-electron chi connectivity index (χ1n) is 7.81. The van der Waals surface area contributed by atoms with Gasteiger partial charge in [-0.1, -0.05) is 6.42 Å². The molecule has 0 aromatic rings. The molecule has 0 aromatic heterocycles. The van der Waals surface area contributed by atoms with Gasteiger partial charge in [0.05, 0.1) is 6.61 Å². The number of carboxylic acids is 1. The van der Waals surface area contributed by atoms with E-state index >= 15 is 0 Å². The number of unbranched alkanes of at least 4 members (excludes halogenated alkanes) is 2. The van der Waals surface area contributed by atoms with Crippen molar-refractivity contribution in [2.24, 2.45) is 5.92 Å². The third-order valence-corrected chi connectivity index (χ3v) is 3.94. The highest BCUT2D eigenvalue weighted by atomic mass is 16.5. The summed E-state index contributed by atoms with van der Waals surface area (Å²) in [6.07, 6.45) is 4.90. The minimum absolute atomic E-state index is 0.0373. The molecule has 0 saturated heterocycles. The molecule has 0 radical (unpaired) electrons. The Bertz CT molecular complexity index is 332. The molecule has 1 aliphatic rings. The summed E-state index contributed by atoms with van der Waals surface area (Å²) in [7, 11) is 1.64. The van der Waals surface area contributed by atoms with Crippen LogP contribution in [0, 0.1) is 5.92 Å². The van der Waals surface area contributed by atoms with Crippen LogP contribution in [0.25, 0.3) is 0 Å². The topological polar surface area (TPSA) is 78.9 Å². The predicted octanol–water partition coefficient (Wildman–Crippen LogP) is 2.09. The van der Waals surface area contributed by atoms with Crippen molar-refractivity contribution in [3.8, 4) is 0 Å². The zero-order valence-corrected chi connectivity index (χ0v) is 13.1. The van der Waals surface area contributed by atoms with Crippen LogP contribution in [0.5, 0.6) is 0 Å². The molecule has 2 amide bonds. The molecule has 0 bridgehead atoms. The number of carbonyl (C=O) groups is 2. The van der Waals surface area contributed by atoms with Crippen molar-refractivity contribution in [1.29, 1.82) is 0 Å². The molecule has 0 aromatic carbocycles. The van der Waals surface area contributed by atoms with Crippen LogP contribution in [0.2, 0.25) is 0 Å². The van der Waals surface area contributed by atoms with E-state index in [1.807, 2.05) is 4.90 Å². The fraction of sp³-hybridized carbons (Fsp3) is 0.867. The molecule has 1 rings (SSSR count). The lowest BCUT2D eigenvalue weighted by Crippen LogP contribution is -2.47. The number of nitrogens with one attached hydrogen (secondary N) is 1. The van der Waals surface area contributed by atoms with Crippen molar-refractivity contribution in [2.75, 3.05) is 26.8 Å². The number of urea groups is 1. The minimum atomic E-state index is -0.761. The highest BCUT2D eigenvalue weighted by Gasteiger charge is 2.33. The second-order valence-corrected chi connectivity index (χ2v) is 5.70. The van der Waals surface area contributed by atoms with E-state index in [1.165, 1.54) is 12.8 Å². The Balaban J connectivity index is 2.23. The van der Waals surface area contributed by atoms with Gasteiger partial charge in [0, 0.05) is 32.7 Å². The lowest BCUT2D eigenvalue weighted by molar-refractivity contribution is -0.137. The van der Waals surface area contributed by atoms with Gasteiger partial charge in [0.2, 0.25) is 0 Å². The Morgan fingerprint density at radius 2 is 2.05 bits per heavy atom. The van der Waals surface area contributed by atoms with Gasteiger partial charge in [0.1, 0.15) is 0 Å². The fourth-order valence-corrected chi connectivity index (χ4v) is 2.39. The molecule has 0 spiro atoms. The maximum Gasteiger partial charge on any atom is 0.317 e. The molecule has 1 fully saturated rings. The first-order chi connectivity index (χ1) is 10.1. The maximum absolute atomic E-state index is 12.2. The van der Waals surface area contributed by atoms with Gasteiger partial charge in [-0.05, 0) is 38.5 Å². The summed E-state index contributed by atoms with van der Waals surface area (Å²) in [4.78, 5) is 24.5. The number of aliphatic carboxylic acids is 1. The highest BCUT2D eigenvalue weighted by molar-refractivity contribution is 5.74. The summed E-state index contributed by atoms with van der Waals surface area (Å²) in [5, 5.41) is 11.5. The first kappa shape index (κ1) is 17.8. The van der Waals surface area contributed by atoms with Crippen LogP contribution >= 0.6 is 0 Å². The molecular formula is C15H28N2O4. The third kappa shape index (κ3) is 7.32. The number of carboxylic acid groups (broad SMARTS) is 1. The Labute approximate surface area is 126 Å². The second-order valence-electron chi connectivity index (χ2n) is 5.70. The Morgan fingerprint density at radius 1 is 1.33 bits per heavy atom. The van der Waals surface area contributed by atoms with Gasteiger partial charge in [-0.2, -0.15) is 0 Å². The van der Waals surface area contributed by atoms with E-state index < -0.39 is 5.97 Å². The molecule has 6 heteroatoms. The van der Waals surface area contributed by atoms with E-state index in [-0.39, 0.29) is 18.5 Å². The van der Waals surface area contributed by atoms with Gasteiger partial charge in [0.15, 0.2) is 0 Å². The Hall–Kier alpha value is -1.30. The molecular weight excluding hydrogens is 272 g/mol. The number of methoxy groups -OCH3 is 1. The molecule has 21 heavy (non-hydrogen) atoms. The van der Waals surface area contributed by atoms with Crippen molar-refractivity contribution >= 4 is 12.0 Å². The zero-order chi connectivity index (χ0) is 15.7. The first-order valence-corrected chi connectivity index (χ1v) is 7.81. The Kier molecular flexibility index (Phi) is 8.12. The molecule has 1 unspecified atom stereocenters. The molecule has 0 heterocycles. The number of carbonyl (C=O) groups excluding carboxylic acids is 1. The summed E-state index contributed by atoms with van der Waals surface area (Å²) in [5.41, 5.74) is 0. The molecule has 6 nitrogen and oxygen atoms in total. The summed E-state index contributed by atoms with van der Waals surface area (Å²) in [5.74, 6) is -0.133. The average molecular weight is 300 g/mol. The quantitative estimate of drug-likeness (QED) is 0.573. The van der Waals surface area contributed by atoms with E-state index in [9.17, 15) is 9.59 Å². The highest BCUT2D eigenvalue weighted by Crippen LogP contribution is 2.35. The van der Waals surface area contributed by atoms with E-state index in [0.717, 1.165) is 12.8 Å². The SMILES string of the molecule is COCCN(C(=O)NCCCCCC(=O)O)C(C)C1CC1. The number of ether oxygens (including phenoxy) is 1. The van der Waals surface area contributed by atoms with Crippen LogP contribution in [0.4, 0.5) is 4.79 Å². The Morgan fingerprint density at radius 3 is 2.62 bits per heavy atom. The lowest BCUT2D eigenvalue weighted by Gasteiger charge is -2.29. The summed E-state index contributed by atoms with van der Waals surface area (Å²) in [6.45, 7) is 3.85. The average Bonchev–Trinajstić information content (AvgIpc) is 3.27. The number of hydrogen-bond acceptors (Lipinski definition) is 3. The largest absolute Gasteiger partial charge is 0.481 e. The molecule has 1 saturated carbocycles. The maximum atomic E-state index is 12.2. The van der Waals surface area contributed by atoms with E-state index in [1.54, 1.807) is 7.11 Å². The fourth-order valence-electron chi connectivity index (χ4n) is 2.39. The third-order valence-electron chi connectivity index (χ3n) is 3.94. The molecule has 1 aliphatic carbocycles. The second kappa shape index (κ2) is 9.60. The van der Waals surface area contributed by atoms with Gasteiger partial charge in [-0.15, -0.1) is 0 Å². The number of nitrogens with zero attached hydrogens (tertiary/aromatic N) is 1. The van der Waals surface area contributed by atoms with Crippen molar-refractivity contribution < 1.29 is 19.4 Å². The lowest BCUT2D eigenvalue weighted by atomic mass is 10.2. The number of amides is 2. The van der Waals surface area contributed by atoms with E-state index in [4.69, 9.17) is 9.84 Å². The normalized spacial score (nSPS) is 15.5. The van der Waals surface area contributed by atoms with Crippen LogP contribution in [0.1, 0.15) is 45.4 Å². The van der Waals surface area contributed by atoms with E-state index in [2.05, 4.69) is 12.2 Å². The molecule has 2 N–H and O–H groups in total. The van der Waals surface area contributed by atoms with Gasteiger partial charge in [0.25, 0.3) is 0 Å². The summed E-state index contributed by atoms with van der Waals surface area (Å²) in [6, 6.07) is 0.219. The van der Waals surface area contributed by atoms with Crippen LogP contribution < -0.4 is 5.32 Å². The van der Waals surface area contributed by atoms with Crippen LogP contribution in [-0.2, 0) is 9.53 Å². The summed E-state index contributed by atoms with van der Waals surface area (Å²) >= 11 is 0. The van der Waals surface area contributed by atoms with Gasteiger partial charge in [-0.25, -0.2) is 4.79 Å². The van der Waals surface area contributed by atoms with Crippen molar-refractivity contribution in [2.45, 2.75) is 51.5 Å². The van der Waals surface area contributed by atoms with Crippen LogP contribution in [-0.4, -0.2) is 54.9 Å². The number of rotatable bonds is 11. The summed E-state index contributed by atoms with van der Waals surface area (Å²) < 4.78 is 5.08. The van der Waals surface area contributed by atoms with E-state index in [0.29, 0.717) is 32.0 Å². The van der Waals surface area contributed by atoms with Gasteiger partial charge >= 0.3 is 12.0 Å². The van der Waals surface area contributed by atoms with Gasteiger partial charge in [-0.3, -0.25) is 4.79 Å². The monoisotopic (exact) mass is 300 g/mol. The van der Waals surface area contributed by atoms with Crippen molar-refractivity contribution in [1.82, 2.24) is 10.2 Å². The zero-order valence-electron chi connectivity index (χ0n) is 13.1. The predicted molar refractivity (Wildman–Crippen MR) is 80.3 cm³/mol. The minimum Gasteiger partial charge on any atom is -0.481 e. The number of hydrogen-bond donors (Lipinski definition) is 2. The molecule has 0 aliphatic heterocycles. The van der Waals surface area contributed by atoms with Crippen molar-refractivity contribution in [3.05, 3.63) is 0 Å². The van der Waals surface area contributed by atoms with Crippen LogP contribution in [0.3, 0.4) is 0 Å². The molecule has 122 valence electrons. The van der Waals surface area contributed by atoms with Crippen LogP contribution in [0.15, 0.2) is 0 Å². The molecule has 1 atom stereocenters. The standard InChI is InChI=1S/C15H28N2O4/c1-12(13-7-8-13)17(10-11-21-2)15(20)16-9-5-3-4-6-14(18)19/h12-13H,3-11H2,1-2H3,(H,16,20)(H,18,19). The van der Waals surface area contributed by atoms with Crippen molar-refractivity contribution in [3.63, 3.8) is 0 Å². The van der Waals surface area contributed by atoms with Gasteiger partial charge < -0.3 is 20.1 Å².